The third-order valence-corrected chi connectivity index (χ3v) is 2.32. The van der Waals surface area contributed by atoms with Gasteiger partial charge in [-0.1, -0.05) is 17.3 Å². The van der Waals surface area contributed by atoms with Crippen LogP contribution in [-0.4, -0.2) is 24.8 Å². The summed E-state index contributed by atoms with van der Waals surface area (Å²) < 4.78 is 15.4. The Balaban J connectivity index is 1.89. The van der Waals surface area contributed by atoms with Crippen molar-refractivity contribution < 1.29 is 18.8 Å². The minimum atomic E-state index is -0.331. The average Bonchev–Trinajstić information content (AvgIpc) is 2.82. The lowest BCUT2D eigenvalue weighted by Gasteiger charge is -2.09. The van der Waals surface area contributed by atoms with E-state index in [4.69, 9.17) is 14.0 Å². The van der Waals surface area contributed by atoms with Crippen LogP contribution in [0.15, 0.2) is 34.9 Å². The molecule has 0 atom stereocenters. The van der Waals surface area contributed by atoms with Crippen molar-refractivity contribution in [2.45, 2.75) is 6.92 Å². The summed E-state index contributed by atoms with van der Waals surface area (Å²) in [6, 6.07) is 8.73. The zero-order chi connectivity index (χ0) is 13.7. The van der Waals surface area contributed by atoms with Crippen LogP contribution in [0.4, 0.5) is 5.88 Å². The molecule has 100 valence electrons. The number of amides is 1. The molecule has 1 aromatic heterocycles. The number of hydrogen-bond donors (Lipinski definition) is 1. The molecule has 6 nitrogen and oxygen atoms in total. The molecular formula is C13H14N2O4. The molecule has 1 aromatic carbocycles. The van der Waals surface area contributed by atoms with Gasteiger partial charge in [0.15, 0.2) is 18.1 Å². The normalized spacial score (nSPS) is 10.0. The van der Waals surface area contributed by atoms with Crippen molar-refractivity contribution in [1.82, 2.24) is 5.16 Å². The number of nitrogens with one attached hydrogen (secondary N) is 1. The fourth-order valence-corrected chi connectivity index (χ4v) is 1.48. The molecule has 2 rings (SSSR count). The topological polar surface area (TPSA) is 73.6 Å². The Bertz CT molecular complexity index is 565. The second-order valence-electron chi connectivity index (χ2n) is 3.82. The van der Waals surface area contributed by atoms with E-state index in [1.54, 1.807) is 38.3 Å². The van der Waals surface area contributed by atoms with Gasteiger partial charge in [-0.15, -0.1) is 0 Å². The molecule has 0 saturated heterocycles. The number of hydrogen-bond acceptors (Lipinski definition) is 5. The maximum Gasteiger partial charge on any atom is 0.264 e. The summed E-state index contributed by atoms with van der Waals surface area (Å²) in [5.41, 5.74) is 0.695. The summed E-state index contributed by atoms with van der Waals surface area (Å²) in [4.78, 5) is 11.6. The maximum absolute atomic E-state index is 11.6. The van der Waals surface area contributed by atoms with E-state index in [9.17, 15) is 4.79 Å². The molecule has 0 bridgehead atoms. The van der Waals surface area contributed by atoms with E-state index in [-0.39, 0.29) is 12.5 Å². The Kier molecular flexibility index (Phi) is 4.02. The van der Waals surface area contributed by atoms with Crippen LogP contribution in [0.3, 0.4) is 0 Å². The highest BCUT2D eigenvalue weighted by molar-refractivity contribution is 5.90. The number of methoxy groups -OCH3 is 1. The lowest BCUT2D eigenvalue weighted by Crippen LogP contribution is -2.20. The average molecular weight is 262 g/mol. The molecule has 0 aliphatic rings. The highest BCUT2D eigenvalue weighted by atomic mass is 16.5. The molecule has 0 radical (unpaired) electrons. The van der Waals surface area contributed by atoms with E-state index < -0.39 is 0 Å². The first-order valence-electron chi connectivity index (χ1n) is 5.68. The van der Waals surface area contributed by atoms with E-state index in [0.717, 1.165) is 0 Å². The van der Waals surface area contributed by atoms with Gasteiger partial charge in [0, 0.05) is 6.07 Å². The Morgan fingerprint density at radius 3 is 2.74 bits per heavy atom. The smallest absolute Gasteiger partial charge is 0.264 e. The Hall–Kier alpha value is -2.50. The zero-order valence-corrected chi connectivity index (χ0v) is 10.7. The van der Waals surface area contributed by atoms with Crippen molar-refractivity contribution in [3.63, 3.8) is 0 Å². The van der Waals surface area contributed by atoms with Crippen LogP contribution < -0.4 is 14.8 Å². The lowest BCUT2D eigenvalue weighted by atomic mass is 10.3. The molecule has 0 aliphatic heterocycles. The van der Waals surface area contributed by atoms with E-state index in [2.05, 4.69) is 10.5 Å². The second-order valence-corrected chi connectivity index (χ2v) is 3.82. The minimum Gasteiger partial charge on any atom is -0.493 e. The first-order valence-corrected chi connectivity index (χ1v) is 5.68. The van der Waals surface area contributed by atoms with Crippen molar-refractivity contribution in [2.24, 2.45) is 0 Å². The molecule has 1 amide bonds. The largest absolute Gasteiger partial charge is 0.493 e. The number of benzene rings is 1. The number of aryl methyl sites for hydroxylation is 1. The maximum atomic E-state index is 11.6. The number of nitrogens with zero attached hydrogens (tertiary/aromatic N) is 1. The Labute approximate surface area is 110 Å². The number of carbonyl (C=O) groups is 1. The van der Waals surface area contributed by atoms with Gasteiger partial charge in [0.1, 0.15) is 0 Å². The molecule has 1 heterocycles. The molecule has 0 saturated carbocycles. The van der Waals surface area contributed by atoms with Crippen LogP contribution >= 0.6 is 0 Å². The highest BCUT2D eigenvalue weighted by Gasteiger charge is 2.09. The standard InChI is InChI=1S/C13H14N2O4/c1-9-7-13(19-15-9)14-12(16)8-18-11-6-4-3-5-10(11)17-2/h3-7H,8H2,1-2H3,(H,14,16). The summed E-state index contributed by atoms with van der Waals surface area (Å²) >= 11 is 0. The number of carbonyl (C=O) groups excluding carboxylic acids is 1. The highest BCUT2D eigenvalue weighted by Crippen LogP contribution is 2.25. The Morgan fingerprint density at radius 1 is 1.37 bits per heavy atom. The molecule has 0 aliphatic carbocycles. The lowest BCUT2D eigenvalue weighted by molar-refractivity contribution is -0.118. The van der Waals surface area contributed by atoms with Crippen molar-refractivity contribution >= 4 is 11.8 Å². The SMILES string of the molecule is COc1ccccc1OCC(=O)Nc1cc(C)no1. The van der Waals surface area contributed by atoms with Crippen molar-refractivity contribution in [1.29, 1.82) is 0 Å². The van der Waals surface area contributed by atoms with Gasteiger partial charge in [0.2, 0.25) is 5.88 Å². The number of ether oxygens (including phenoxy) is 2. The van der Waals surface area contributed by atoms with Gasteiger partial charge in [0.05, 0.1) is 12.8 Å². The molecule has 1 N–H and O–H groups in total. The molecular weight excluding hydrogens is 248 g/mol. The minimum absolute atomic E-state index is 0.139. The first-order chi connectivity index (χ1) is 9.19. The fourth-order valence-electron chi connectivity index (χ4n) is 1.48. The van der Waals surface area contributed by atoms with E-state index in [1.165, 1.54) is 0 Å². The number of para-hydroxylation sites is 2. The third kappa shape index (κ3) is 3.48. The van der Waals surface area contributed by atoms with Gasteiger partial charge in [-0.25, -0.2) is 0 Å². The quantitative estimate of drug-likeness (QED) is 0.892. The third-order valence-electron chi connectivity index (χ3n) is 2.32. The summed E-state index contributed by atoms with van der Waals surface area (Å²) in [7, 11) is 1.54. The molecule has 19 heavy (non-hydrogen) atoms. The monoisotopic (exact) mass is 262 g/mol. The Morgan fingerprint density at radius 2 is 2.11 bits per heavy atom. The molecule has 2 aromatic rings. The fraction of sp³-hybridized carbons (Fsp3) is 0.231. The predicted molar refractivity (Wildman–Crippen MR) is 68.4 cm³/mol. The number of anilines is 1. The second kappa shape index (κ2) is 5.90. The van der Waals surface area contributed by atoms with Gasteiger partial charge >= 0.3 is 0 Å². The molecule has 6 heteroatoms. The van der Waals surface area contributed by atoms with Gasteiger partial charge in [-0.3, -0.25) is 10.1 Å². The number of rotatable bonds is 5. The van der Waals surface area contributed by atoms with Crippen LogP contribution in [0, 0.1) is 6.92 Å². The van der Waals surface area contributed by atoms with Crippen LogP contribution in [0.2, 0.25) is 0 Å². The van der Waals surface area contributed by atoms with Crippen molar-refractivity contribution in [3.8, 4) is 11.5 Å². The summed E-state index contributed by atoms with van der Waals surface area (Å²) in [6.45, 7) is 1.63. The van der Waals surface area contributed by atoms with E-state index >= 15 is 0 Å². The van der Waals surface area contributed by atoms with Crippen LogP contribution in [-0.2, 0) is 4.79 Å². The molecule has 0 spiro atoms. The van der Waals surface area contributed by atoms with Crippen molar-refractivity contribution in [2.75, 3.05) is 19.0 Å². The van der Waals surface area contributed by atoms with Crippen LogP contribution in [0.5, 0.6) is 11.5 Å². The van der Waals surface area contributed by atoms with E-state index in [1.807, 2.05) is 6.07 Å². The van der Waals surface area contributed by atoms with Gasteiger partial charge in [-0.05, 0) is 19.1 Å². The molecule has 0 fully saturated rings. The zero-order valence-electron chi connectivity index (χ0n) is 10.7. The summed E-state index contributed by atoms with van der Waals surface area (Å²) in [6.07, 6.45) is 0. The first kappa shape index (κ1) is 12.9. The summed E-state index contributed by atoms with van der Waals surface area (Å²) in [5, 5.41) is 6.20. The van der Waals surface area contributed by atoms with Crippen LogP contribution in [0.1, 0.15) is 5.69 Å². The predicted octanol–water partition coefficient (Wildman–Crippen LogP) is 2.01. The van der Waals surface area contributed by atoms with E-state index in [0.29, 0.717) is 23.1 Å². The number of aromatic nitrogens is 1. The van der Waals surface area contributed by atoms with Gasteiger partial charge < -0.3 is 14.0 Å². The van der Waals surface area contributed by atoms with Crippen molar-refractivity contribution in [3.05, 3.63) is 36.0 Å². The van der Waals surface area contributed by atoms with Gasteiger partial charge in [-0.2, -0.15) is 0 Å². The molecule has 0 unspecified atom stereocenters. The van der Waals surface area contributed by atoms with Crippen LogP contribution in [0.25, 0.3) is 0 Å². The van der Waals surface area contributed by atoms with Gasteiger partial charge in [0.25, 0.3) is 5.91 Å². The summed E-state index contributed by atoms with van der Waals surface area (Å²) in [5.74, 6) is 1.05.